The van der Waals surface area contributed by atoms with Gasteiger partial charge in [-0.2, -0.15) is 0 Å². The molecule has 132 valence electrons. The third-order valence-corrected chi connectivity index (χ3v) is 4.27. The first-order chi connectivity index (χ1) is 11.3. The molecule has 1 atom stereocenters. The van der Waals surface area contributed by atoms with Crippen LogP contribution in [0.15, 0.2) is 17.1 Å². The number of carbonyl (C=O) groups excluding carboxylic acids is 1. The Balaban J connectivity index is 2.11. The summed E-state index contributed by atoms with van der Waals surface area (Å²) in [7, 11) is 3.36. The molecule has 1 unspecified atom stereocenters. The summed E-state index contributed by atoms with van der Waals surface area (Å²) >= 11 is 11.9. The molecule has 24 heavy (non-hydrogen) atoms. The molecule has 1 aliphatic carbocycles. The number of guanidine groups is 1. The fourth-order valence-corrected chi connectivity index (χ4v) is 2.54. The van der Waals surface area contributed by atoms with Crippen LogP contribution in [0.3, 0.4) is 0 Å². The van der Waals surface area contributed by atoms with Crippen molar-refractivity contribution in [3.05, 3.63) is 33.6 Å². The second-order valence-electron chi connectivity index (χ2n) is 6.03. The van der Waals surface area contributed by atoms with Crippen LogP contribution in [-0.4, -0.2) is 43.4 Å². The lowest BCUT2D eigenvalue weighted by atomic mass is 10.1. The van der Waals surface area contributed by atoms with Gasteiger partial charge < -0.3 is 15.5 Å². The molecule has 0 radical (unpaired) electrons. The molecule has 1 amide bonds. The highest BCUT2D eigenvalue weighted by Gasteiger charge is 2.24. The first kappa shape index (κ1) is 18.8. The second-order valence-corrected chi connectivity index (χ2v) is 6.84. The van der Waals surface area contributed by atoms with Gasteiger partial charge in [0, 0.05) is 25.2 Å². The molecule has 2 N–H and O–H groups in total. The van der Waals surface area contributed by atoms with Crippen molar-refractivity contribution in [3.63, 3.8) is 0 Å². The molecule has 1 aromatic rings. The predicted molar refractivity (Wildman–Crippen MR) is 95.1 cm³/mol. The fourth-order valence-electron chi connectivity index (χ4n) is 1.99. The molecule has 5 nitrogen and oxygen atoms in total. The number of carbonyl (C=O) groups is 1. The van der Waals surface area contributed by atoms with Crippen LogP contribution in [0, 0.1) is 5.82 Å². The molecule has 0 spiro atoms. The van der Waals surface area contributed by atoms with Gasteiger partial charge >= 0.3 is 0 Å². The predicted octanol–water partition coefficient (Wildman–Crippen LogP) is 2.98. The van der Waals surface area contributed by atoms with E-state index in [0.717, 1.165) is 12.8 Å². The highest BCUT2D eigenvalue weighted by molar-refractivity contribution is 6.35. The van der Waals surface area contributed by atoms with E-state index in [9.17, 15) is 9.18 Å². The van der Waals surface area contributed by atoms with Crippen LogP contribution >= 0.6 is 23.2 Å². The number of hydrogen-bond donors (Lipinski definition) is 2. The van der Waals surface area contributed by atoms with Crippen LogP contribution in [0.5, 0.6) is 0 Å². The molecule has 0 aromatic heterocycles. The van der Waals surface area contributed by atoms with Crippen LogP contribution in [0.2, 0.25) is 10.0 Å². The minimum Gasteiger partial charge on any atom is -0.354 e. The maximum atomic E-state index is 13.7. The van der Waals surface area contributed by atoms with Gasteiger partial charge in [-0.15, -0.1) is 0 Å². The molecular weight excluding hydrogens is 354 g/mol. The van der Waals surface area contributed by atoms with E-state index in [0.29, 0.717) is 22.6 Å². The fraction of sp³-hybridized carbons (Fsp3) is 0.500. The monoisotopic (exact) mass is 374 g/mol. The summed E-state index contributed by atoms with van der Waals surface area (Å²) in [6, 6.07) is 2.74. The SMILES string of the molecule is CC(NC(=NCC(=O)N(C)C)NC1CC1)c1cc(F)c(Cl)cc1Cl. The minimum absolute atomic E-state index is 0.0162. The number of rotatable bonds is 5. The molecule has 2 rings (SSSR count). The standard InChI is InChI=1S/C16H21Cl2FN4O/c1-9(11-6-14(19)13(18)7-12(11)17)21-16(22-10-4-5-10)20-8-15(24)23(2)3/h6-7,9-10H,4-5,8H2,1-3H3,(H2,20,21,22). The van der Waals surface area contributed by atoms with Crippen molar-refractivity contribution < 1.29 is 9.18 Å². The lowest BCUT2D eigenvalue weighted by Crippen LogP contribution is -2.41. The highest BCUT2D eigenvalue weighted by Crippen LogP contribution is 2.28. The van der Waals surface area contributed by atoms with Crippen LogP contribution in [0.25, 0.3) is 0 Å². The first-order valence-corrected chi connectivity index (χ1v) is 8.45. The summed E-state index contributed by atoms with van der Waals surface area (Å²) in [6.07, 6.45) is 2.13. The van der Waals surface area contributed by atoms with Crippen LogP contribution in [0.1, 0.15) is 31.4 Å². The van der Waals surface area contributed by atoms with Crippen molar-refractivity contribution in [1.82, 2.24) is 15.5 Å². The highest BCUT2D eigenvalue weighted by atomic mass is 35.5. The van der Waals surface area contributed by atoms with E-state index in [1.807, 2.05) is 6.92 Å². The van der Waals surface area contributed by atoms with Gasteiger partial charge in [0.1, 0.15) is 12.4 Å². The molecule has 1 aliphatic rings. The third kappa shape index (κ3) is 5.24. The van der Waals surface area contributed by atoms with Crippen molar-refractivity contribution in [2.24, 2.45) is 4.99 Å². The Hall–Kier alpha value is -1.53. The van der Waals surface area contributed by atoms with E-state index < -0.39 is 5.82 Å². The number of amides is 1. The zero-order valence-corrected chi connectivity index (χ0v) is 15.4. The topological polar surface area (TPSA) is 56.7 Å². The average molecular weight is 375 g/mol. The summed E-state index contributed by atoms with van der Waals surface area (Å²) in [6.45, 7) is 1.87. The second kappa shape index (κ2) is 8.03. The molecular formula is C16H21Cl2FN4O. The van der Waals surface area contributed by atoms with Crippen molar-refractivity contribution in [3.8, 4) is 0 Å². The lowest BCUT2D eigenvalue weighted by Gasteiger charge is -2.20. The van der Waals surface area contributed by atoms with E-state index in [1.54, 1.807) is 14.1 Å². The van der Waals surface area contributed by atoms with Gasteiger partial charge in [0.2, 0.25) is 5.91 Å². The van der Waals surface area contributed by atoms with Gasteiger partial charge in [-0.05, 0) is 37.5 Å². The Kier molecular flexibility index (Phi) is 6.29. The number of benzene rings is 1. The quantitative estimate of drug-likeness (QED) is 0.473. The van der Waals surface area contributed by atoms with Crippen molar-refractivity contribution >= 4 is 35.1 Å². The van der Waals surface area contributed by atoms with Crippen molar-refractivity contribution in [2.75, 3.05) is 20.6 Å². The Bertz CT molecular complexity index is 647. The van der Waals surface area contributed by atoms with E-state index in [-0.39, 0.29) is 23.5 Å². The van der Waals surface area contributed by atoms with E-state index >= 15 is 0 Å². The molecule has 0 saturated heterocycles. The van der Waals surface area contributed by atoms with E-state index in [1.165, 1.54) is 17.0 Å². The third-order valence-electron chi connectivity index (χ3n) is 3.65. The zero-order valence-electron chi connectivity index (χ0n) is 13.9. The Morgan fingerprint density at radius 1 is 1.38 bits per heavy atom. The van der Waals surface area contributed by atoms with Crippen LogP contribution < -0.4 is 10.6 Å². The Morgan fingerprint density at radius 3 is 2.62 bits per heavy atom. The lowest BCUT2D eigenvalue weighted by molar-refractivity contribution is -0.127. The van der Waals surface area contributed by atoms with Gasteiger partial charge in [-0.3, -0.25) is 4.79 Å². The maximum Gasteiger partial charge on any atom is 0.243 e. The number of nitrogens with zero attached hydrogens (tertiary/aromatic N) is 2. The number of aliphatic imine (C=N–C) groups is 1. The minimum atomic E-state index is -0.527. The van der Waals surface area contributed by atoms with Gasteiger partial charge in [-0.1, -0.05) is 23.2 Å². The molecule has 1 saturated carbocycles. The smallest absolute Gasteiger partial charge is 0.243 e. The molecule has 0 heterocycles. The molecule has 1 aromatic carbocycles. The normalized spacial score (nSPS) is 15.8. The number of hydrogen-bond acceptors (Lipinski definition) is 2. The van der Waals surface area contributed by atoms with Gasteiger partial charge in [0.15, 0.2) is 5.96 Å². The Morgan fingerprint density at radius 2 is 2.04 bits per heavy atom. The van der Waals surface area contributed by atoms with Crippen LogP contribution in [0.4, 0.5) is 4.39 Å². The van der Waals surface area contributed by atoms with Crippen LogP contribution in [-0.2, 0) is 4.79 Å². The maximum absolute atomic E-state index is 13.7. The van der Waals surface area contributed by atoms with Crippen molar-refractivity contribution in [2.45, 2.75) is 31.8 Å². The summed E-state index contributed by atoms with van der Waals surface area (Å²) < 4.78 is 13.7. The van der Waals surface area contributed by atoms with E-state index in [4.69, 9.17) is 23.2 Å². The van der Waals surface area contributed by atoms with Crippen molar-refractivity contribution in [1.29, 1.82) is 0 Å². The molecule has 8 heteroatoms. The summed E-state index contributed by atoms with van der Waals surface area (Å²) in [4.78, 5) is 17.5. The Labute approximate surface area is 151 Å². The van der Waals surface area contributed by atoms with Gasteiger partial charge in [-0.25, -0.2) is 9.38 Å². The number of likely N-dealkylation sites (N-methyl/N-ethyl adjacent to an activating group) is 1. The first-order valence-electron chi connectivity index (χ1n) is 7.70. The van der Waals surface area contributed by atoms with Gasteiger partial charge in [0.25, 0.3) is 0 Å². The molecule has 1 fully saturated rings. The molecule has 0 bridgehead atoms. The largest absolute Gasteiger partial charge is 0.354 e. The zero-order chi connectivity index (χ0) is 17.9. The summed E-state index contributed by atoms with van der Waals surface area (Å²) in [5.74, 6) is -0.122. The summed E-state index contributed by atoms with van der Waals surface area (Å²) in [5.41, 5.74) is 0.572. The number of nitrogens with one attached hydrogen (secondary N) is 2. The number of halogens is 3. The van der Waals surface area contributed by atoms with E-state index in [2.05, 4.69) is 15.6 Å². The average Bonchev–Trinajstić information content (AvgIpc) is 3.31. The van der Waals surface area contributed by atoms with Gasteiger partial charge in [0.05, 0.1) is 11.1 Å². The summed E-state index contributed by atoms with van der Waals surface area (Å²) in [5, 5.41) is 6.75. The molecule has 0 aliphatic heterocycles.